The Morgan fingerprint density at radius 2 is 1.91 bits per heavy atom. The van der Waals surface area contributed by atoms with Gasteiger partial charge in [0.1, 0.15) is 5.76 Å². The van der Waals surface area contributed by atoms with Crippen molar-refractivity contribution in [2.75, 3.05) is 5.75 Å². The molecule has 0 bridgehead atoms. The van der Waals surface area contributed by atoms with E-state index in [1.54, 1.807) is 13.2 Å². The lowest BCUT2D eigenvalue weighted by Crippen LogP contribution is -2.32. The monoisotopic (exact) mass is 335 g/mol. The predicted molar refractivity (Wildman–Crippen MR) is 88.1 cm³/mol. The van der Waals surface area contributed by atoms with E-state index in [9.17, 15) is 13.2 Å². The number of nitrogens with one attached hydrogen (secondary N) is 1. The summed E-state index contributed by atoms with van der Waals surface area (Å²) in [7, 11) is -3.24. The lowest BCUT2D eigenvalue weighted by molar-refractivity contribution is 0.0938. The Labute approximate surface area is 136 Å². The highest BCUT2D eigenvalue weighted by molar-refractivity contribution is 7.91. The summed E-state index contributed by atoms with van der Waals surface area (Å²) < 4.78 is 28.8. The molecule has 6 heteroatoms. The smallest absolute Gasteiger partial charge is 0.251 e. The Morgan fingerprint density at radius 1 is 1.22 bits per heavy atom. The molecule has 124 valence electrons. The summed E-state index contributed by atoms with van der Waals surface area (Å²) in [6.45, 7) is 3.52. The molecule has 0 radical (unpaired) electrons. The normalized spacial score (nSPS) is 12.8. The first kappa shape index (κ1) is 17.3. The minimum absolute atomic E-state index is 0.00773. The van der Waals surface area contributed by atoms with Crippen LogP contribution in [-0.4, -0.2) is 26.1 Å². The van der Waals surface area contributed by atoms with Gasteiger partial charge in [0, 0.05) is 18.0 Å². The van der Waals surface area contributed by atoms with Crippen LogP contribution in [0.3, 0.4) is 0 Å². The molecule has 1 aromatic heterocycles. The van der Waals surface area contributed by atoms with Crippen molar-refractivity contribution in [1.82, 2.24) is 5.32 Å². The van der Waals surface area contributed by atoms with Gasteiger partial charge in [-0.15, -0.1) is 0 Å². The third kappa shape index (κ3) is 4.69. The van der Waals surface area contributed by atoms with E-state index >= 15 is 0 Å². The number of carbonyl (C=O) groups excluding carboxylic acids is 1. The van der Waals surface area contributed by atoms with Crippen molar-refractivity contribution in [1.29, 1.82) is 0 Å². The van der Waals surface area contributed by atoms with Gasteiger partial charge in [-0.3, -0.25) is 4.79 Å². The van der Waals surface area contributed by atoms with E-state index in [-0.39, 0.29) is 22.6 Å². The number of carbonyl (C=O) groups is 1. The maximum Gasteiger partial charge on any atom is 0.251 e. The van der Waals surface area contributed by atoms with Gasteiger partial charge >= 0.3 is 0 Å². The Hall–Kier alpha value is -2.08. The van der Waals surface area contributed by atoms with E-state index in [0.29, 0.717) is 5.56 Å². The van der Waals surface area contributed by atoms with Gasteiger partial charge in [-0.2, -0.15) is 0 Å². The molecule has 1 heterocycles. The van der Waals surface area contributed by atoms with Crippen molar-refractivity contribution in [2.24, 2.45) is 0 Å². The second-order valence-electron chi connectivity index (χ2n) is 5.42. The summed E-state index contributed by atoms with van der Waals surface area (Å²) in [4.78, 5) is 12.4. The summed E-state index contributed by atoms with van der Waals surface area (Å²) >= 11 is 0. The van der Waals surface area contributed by atoms with Gasteiger partial charge in [0.15, 0.2) is 9.84 Å². The molecule has 0 aliphatic carbocycles. The molecule has 0 aliphatic rings. The fourth-order valence-electron chi connectivity index (χ4n) is 2.17. The van der Waals surface area contributed by atoms with Crippen LogP contribution in [0.2, 0.25) is 0 Å². The molecule has 5 nitrogen and oxygen atoms in total. The van der Waals surface area contributed by atoms with Crippen LogP contribution in [0.25, 0.3) is 0 Å². The number of sulfone groups is 1. The van der Waals surface area contributed by atoms with E-state index in [0.717, 1.165) is 18.6 Å². The van der Waals surface area contributed by atoms with Crippen molar-refractivity contribution in [3.8, 4) is 0 Å². The molecular formula is C17H21NO4S. The number of amides is 1. The Balaban J connectivity index is 1.92. The number of benzene rings is 1. The van der Waals surface area contributed by atoms with Crippen LogP contribution < -0.4 is 5.32 Å². The van der Waals surface area contributed by atoms with Crippen LogP contribution in [0.15, 0.2) is 52.0 Å². The second kappa shape index (κ2) is 7.46. The van der Waals surface area contributed by atoms with E-state index < -0.39 is 9.84 Å². The first-order chi connectivity index (χ1) is 10.9. The highest BCUT2D eigenvalue weighted by Crippen LogP contribution is 2.13. The molecule has 1 amide bonds. The molecule has 0 aliphatic heterocycles. The minimum atomic E-state index is -3.24. The molecule has 1 unspecified atom stereocenters. The van der Waals surface area contributed by atoms with Crippen LogP contribution in [0.1, 0.15) is 36.4 Å². The molecule has 0 saturated carbocycles. The zero-order chi connectivity index (χ0) is 16.9. The number of rotatable bonds is 7. The third-order valence-electron chi connectivity index (χ3n) is 3.64. The van der Waals surface area contributed by atoms with Gasteiger partial charge < -0.3 is 9.73 Å². The van der Waals surface area contributed by atoms with Crippen molar-refractivity contribution in [3.63, 3.8) is 0 Å². The van der Waals surface area contributed by atoms with Crippen LogP contribution in [0.4, 0.5) is 0 Å². The van der Waals surface area contributed by atoms with Crippen molar-refractivity contribution < 1.29 is 17.6 Å². The number of furan rings is 1. The summed E-state index contributed by atoms with van der Waals surface area (Å²) in [5.41, 5.74) is 0.449. The van der Waals surface area contributed by atoms with E-state index in [2.05, 4.69) is 5.32 Å². The molecular weight excluding hydrogens is 314 g/mol. The van der Waals surface area contributed by atoms with Gasteiger partial charge in [-0.05, 0) is 49.7 Å². The van der Waals surface area contributed by atoms with Crippen molar-refractivity contribution >= 4 is 15.7 Å². The standard InChI is InChI=1S/C17H21NO4S/c1-3-23(20,21)16-10-7-14(8-11-16)17(19)18-13(2)6-9-15-5-4-12-22-15/h4-5,7-8,10-13H,3,6,9H2,1-2H3,(H,18,19). The quantitative estimate of drug-likeness (QED) is 0.844. The lowest BCUT2D eigenvalue weighted by atomic mass is 10.1. The van der Waals surface area contributed by atoms with Gasteiger partial charge in [0.2, 0.25) is 0 Å². The third-order valence-corrected chi connectivity index (χ3v) is 5.39. The Bertz CT molecular complexity index is 733. The predicted octanol–water partition coefficient (Wildman–Crippen LogP) is 2.82. The van der Waals surface area contributed by atoms with Crippen molar-refractivity contribution in [2.45, 2.75) is 37.6 Å². The Morgan fingerprint density at radius 3 is 2.48 bits per heavy atom. The van der Waals surface area contributed by atoms with Crippen LogP contribution >= 0.6 is 0 Å². The fraction of sp³-hybridized carbons (Fsp3) is 0.353. The Kier molecular flexibility index (Phi) is 5.60. The first-order valence-corrected chi connectivity index (χ1v) is 9.23. The zero-order valence-electron chi connectivity index (χ0n) is 13.3. The van der Waals surface area contributed by atoms with Crippen LogP contribution in [-0.2, 0) is 16.3 Å². The summed E-state index contributed by atoms with van der Waals surface area (Å²) in [5, 5.41) is 2.90. The van der Waals surface area contributed by atoms with Crippen molar-refractivity contribution in [3.05, 3.63) is 54.0 Å². The number of hydrogen-bond donors (Lipinski definition) is 1. The van der Waals surface area contributed by atoms with E-state index in [1.807, 2.05) is 19.1 Å². The first-order valence-electron chi connectivity index (χ1n) is 7.58. The summed E-state index contributed by atoms with van der Waals surface area (Å²) in [6.07, 6.45) is 3.15. The van der Waals surface area contributed by atoms with Gasteiger partial charge in [-0.25, -0.2) is 8.42 Å². The number of aryl methyl sites for hydroxylation is 1. The zero-order valence-corrected chi connectivity index (χ0v) is 14.1. The molecule has 2 aromatic rings. The maximum absolute atomic E-state index is 12.2. The van der Waals surface area contributed by atoms with E-state index in [4.69, 9.17) is 4.42 Å². The van der Waals surface area contributed by atoms with E-state index in [1.165, 1.54) is 24.3 Å². The number of hydrogen-bond acceptors (Lipinski definition) is 4. The van der Waals surface area contributed by atoms with Crippen LogP contribution in [0, 0.1) is 0 Å². The molecule has 0 fully saturated rings. The molecule has 1 N–H and O–H groups in total. The highest BCUT2D eigenvalue weighted by Gasteiger charge is 2.14. The molecule has 2 rings (SSSR count). The van der Waals surface area contributed by atoms with Gasteiger partial charge in [0.05, 0.1) is 16.9 Å². The summed E-state index contributed by atoms with van der Waals surface area (Å²) in [6, 6.07) is 9.76. The average Bonchev–Trinajstić information content (AvgIpc) is 3.06. The van der Waals surface area contributed by atoms with Gasteiger partial charge in [-0.1, -0.05) is 6.92 Å². The SMILES string of the molecule is CCS(=O)(=O)c1ccc(C(=O)NC(C)CCc2ccco2)cc1. The highest BCUT2D eigenvalue weighted by atomic mass is 32.2. The minimum Gasteiger partial charge on any atom is -0.469 e. The molecule has 23 heavy (non-hydrogen) atoms. The lowest BCUT2D eigenvalue weighted by Gasteiger charge is -2.13. The molecule has 1 aromatic carbocycles. The molecule has 0 spiro atoms. The molecule has 0 saturated heterocycles. The van der Waals surface area contributed by atoms with Gasteiger partial charge in [0.25, 0.3) is 5.91 Å². The fourth-order valence-corrected chi connectivity index (χ4v) is 3.06. The average molecular weight is 335 g/mol. The van der Waals surface area contributed by atoms with Crippen LogP contribution in [0.5, 0.6) is 0 Å². The second-order valence-corrected chi connectivity index (χ2v) is 7.70. The summed E-state index contributed by atoms with van der Waals surface area (Å²) in [5.74, 6) is 0.722. The molecule has 1 atom stereocenters. The maximum atomic E-state index is 12.2. The largest absolute Gasteiger partial charge is 0.469 e. The topological polar surface area (TPSA) is 76.4 Å².